The van der Waals surface area contributed by atoms with E-state index in [-0.39, 0.29) is 18.6 Å². The summed E-state index contributed by atoms with van der Waals surface area (Å²) in [6, 6.07) is 6.84. The zero-order chi connectivity index (χ0) is 12.0. The number of benzene rings is 1. The second kappa shape index (κ2) is 6.35. The van der Waals surface area contributed by atoms with Gasteiger partial charge in [-0.1, -0.05) is 17.7 Å². The molecule has 1 atom stereocenters. The summed E-state index contributed by atoms with van der Waals surface area (Å²) >= 11 is 5.77. The molecule has 1 aromatic carbocycles. The molecule has 0 aromatic heterocycles. The maximum atomic E-state index is 11.3. The topological polar surface area (TPSA) is 64.3 Å². The summed E-state index contributed by atoms with van der Waals surface area (Å²) in [7, 11) is 0. The average Bonchev–Trinajstić information content (AvgIpc) is 2.23. The molecule has 5 heteroatoms. The van der Waals surface area contributed by atoms with Crippen LogP contribution in [0.5, 0.6) is 5.75 Å². The van der Waals surface area contributed by atoms with Crippen LogP contribution >= 0.6 is 11.6 Å². The first-order valence-corrected chi connectivity index (χ1v) is 5.36. The first-order chi connectivity index (χ1) is 7.58. The van der Waals surface area contributed by atoms with E-state index in [2.05, 4.69) is 5.32 Å². The third kappa shape index (κ3) is 5.00. The van der Waals surface area contributed by atoms with Gasteiger partial charge in [-0.2, -0.15) is 0 Å². The summed E-state index contributed by atoms with van der Waals surface area (Å²) in [5.41, 5.74) is 5.49. The Morgan fingerprint density at radius 1 is 1.62 bits per heavy atom. The maximum Gasteiger partial charge on any atom is 0.257 e. The smallest absolute Gasteiger partial charge is 0.257 e. The molecule has 88 valence electrons. The van der Waals surface area contributed by atoms with Gasteiger partial charge in [0.25, 0.3) is 5.91 Å². The molecule has 0 bridgehead atoms. The second-order valence-electron chi connectivity index (χ2n) is 3.53. The van der Waals surface area contributed by atoms with Gasteiger partial charge in [-0.15, -0.1) is 0 Å². The number of nitrogens with two attached hydrogens (primary N) is 1. The van der Waals surface area contributed by atoms with Crippen molar-refractivity contribution in [3.8, 4) is 5.75 Å². The first kappa shape index (κ1) is 12.8. The Kier molecular flexibility index (Phi) is 5.08. The first-order valence-electron chi connectivity index (χ1n) is 4.98. The number of ether oxygens (including phenoxy) is 1. The molecule has 0 saturated heterocycles. The summed E-state index contributed by atoms with van der Waals surface area (Å²) in [5, 5.41) is 3.22. The molecule has 1 unspecified atom stereocenters. The molecule has 0 radical (unpaired) electrons. The van der Waals surface area contributed by atoms with E-state index in [0.29, 0.717) is 17.3 Å². The quantitative estimate of drug-likeness (QED) is 0.815. The van der Waals surface area contributed by atoms with Gasteiger partial charge in [0.1, 0.15) is 5.75 Å². The van der Waals surface area contributed by atoms with Crippen LogP contribution in [0.1, 0.15) is 6.92 Å². The summed E-state index contributed by atoms with van der Waals surface area (Å²) in [6.45, 7) is 2.23. The number of nitrogens with one attached hydrogen (secondary N) is 1. The van der Waals surface area contributed by atoms with E-state index in [1.165, 1.54) is 0 Å². The molecule has 1 rings (SSSR count). The van der Waals surface area contributed by atoms with Crippen molar-refractivity contribution in [3.63, 3.8) is 0 Å². The molecular weight excluding hydrogens is 228 g/mol. The Morgan fingerprint density at radius 3 is 3.00 bits per heavy atom. The molecule has 0 aliphatic heterocycles. The van der Waals surface area contributed by atoms with Crippen LogP contribution in [0, 0.1) is 0 Å². The molecular formula is C11H15ClN2O2. The maximum absolute atomic E-state index is 11.3. The van der Waals surface area contributed by atoms with Crippen LogP contribution in [0.3, 0.4) is 0 Å². The SMILES string of the molecule is CC(N)CNC(=O)COc1cccc(Cl)c1. The molecule has 0 saturated carbocycles. The Bertz CT molecular complexity index is 356. The molecule has 3 N–H and O–H groups in total. The second-order valence-corrected chi connectivity index (χ2v) is 3.96. The molecule has 16 heavy (non-hydrogen) atoms. The fraction of sp³-hybridized carbons (Fsp3) is 0.364. The van der Waals surface area contributed by atoms with Gasteiger partial charge in [0.05, 0.1) is 0 Å². The van der Waals surface area contributed by atoms with E-state index >= 15 is 0 Å². The number of carbonyl (C=O) groups is 1. The van der Waals surface area contributed by atoms with E-state index in [0.717, 1.165) is 0 Å². The van der Waals surface area contributed by atoms with Gasteiger partial charge in [-0.05, 0) is 25.1 Å². The fourth-order valence-electron chi connectivity index (χ4n) is 1.03. The van der Waals surface area contributed by atoms with Crippen molar-refractivity contribution in [2.45, 2.75) is 13.0 Å². The van der Waals surface area contributed by atoms with Crippen molar-refractivity contribution >= 4 is 17.5 Å². The minimum absolute atomic E-state index is 0.0347. The van der Waals surface area contributed by atoms with E-state index < -0.39 is 0 Å². The monoisotopic (exact) mass is 242 g/mol. The fourth-order valence-corrected chi connectivity index (χ4v) is 1.21. The molecule has 1 amide bonds. The van der Waals surface area contributed by atoms with Gasteiger partial charge in [0.2, 0.25) is 0 Å². The largest absolute Gasteiger partial charge is 0.484 e. The highest BCUT2D eigenvalue weighted by Crippen LogP contribution is 2.16. The van der Waals surface area contributed by atoms with Crippen LogP contribution in [0.4, 0.5) is 0 Å². The molecule has 1 aromatic rings. The highest BCUT2D eigenvalue weighted by atomic mass is 35.5. The lowest BCUT2D eigenvalue weighted by atomic mass is 10.3. The van der Waals surface area contributed by atoms with Crippen LogP contribution in [0.25, 0.3) is 0 Å². The Balaban J connectivity index is 2.31. The van der Waals surface area contributed by atoms with Gasteiger partial charge >= 0.3 is 0 Å². The number of hydrogen-bond donors (Lipinski definition) is 2. The summed E-state index contributed by atoms with van der Waals surface area (Å²) in [5.74, 6) is 0.376. The van der Waals surface area contributed by atoms with Crippen LogP contribution in [-0.2, 0) is 4.79 Å². The summed E-state index contributed by atoms with van der Waals surface area (Å²) < 4.78 is 5.24. The zero-order valence-corrected chi connectivity index (χ0v) is 9.83. The van der Waals surface area contributed by atoms with Crippen molar-refractivity contribution in [1.29, 1.82) is 0 Å². The lowest BCUT2D eigenvalue weighted by Crippen LogP contribution is -2.37. The summed E-state index contributed by atoms with van der Waals surface area (Å²) in [4.78, 5) is 11.3. The van der Waals surface area contributed by atoms with E-state index in [1.807, 2.05) is 6.92 Å². The Labute approximate surface area is 99.7 Å². The van der Waals surface area contributed by atoms with Gasteiger partial charge in [-0.25, -0.2) is 0 Å². The molecule has 4 nitrogen and oxygen atoms in total. The van der Waals surface area contributed by atoms with Crippen LogP contribution in [0.2, 0.25) is 5.02 Å². The lowest BCUT2D eigenvalue weighted by Gasteiger charge is -2.09. The molecule has 0 spiro atoms. The van der Waals surface area contributed by atoms with Gasteiger partial charge in [0, 0.05) is 17.6 Å². The van der Waals surface area contributed by atoms with E-state index in [9.17, 15) is 4.79 Å². The third-order valence-electron chi connectivity index (χ3n) is 1.79. The Morgan fingerprint density at radius 2 is 2.38 bits per heavy atom. The average molecular weight is 243 g/mol. The predicted molar refractivity (Wildman–Crippen MR) is 63.6 cm³/mol. The minimum Gasteiger partial charge on any atom is -0.484 e. The minimum atomic E-state index is -0.197. The summed E-state index contributed by atoms with van der Waals surface area (Å²) in [6.07, 6.45) is 0. The normalized spacial score (nSPS) is 11.9. The molecule has 0 fully saturated rings. The van der Waals surface area contributed by atoms with E-state index in [4.69, 9.17) is 22.1 Å². The number of hydrogen-bond acceptors (Lipinski definition) is 3. The van der Waals surface area contributed by atoms with Crippen molar-refractivity contribution in [1.82, 2.24) is 5.32 Å². The number of rotatable bonds is 5. The standard InChI is InChI=1S/C11H15ClN2O2/c1-8(13)6-14-11(15)7-16-10-4-2-3-9(12)5-10/h2-5,8H,6-7,13H2,1H3,(H,14,15). The van der Waals surface area contributed by atoms with Crippen LogP contribution in [-0.4, -0.2) is 25.1 Å². The van der Waals surface area contributed by atoms with Crippen molar-refractivity contribution < 1.29 is 9.53 Å². The van der Waals surface area contributed by atoms with Gasteiger partial charge < -0.3 is 15.8 Å². The lowest BCUT2D eigenvalue weighted by molar-refractivity contribution is -0.123. The highest BCUT2D eigenvalue weighted by molar-refractivity contribution is 6.30. The number of carbonyl (C=O) groups excluding carboxylic acids is 1. The van der Waals surface area contributed by atoms with Gasteiger partial charge in [0.15, 0.2) is 6.61 Å². The molecule has 0 aliphatic carbocycles. The van der Waals surface area contributed by atoms with Crippen LogP contribution < -0.4 is 15.8 Å². The van der Waals surface area contributed by atoms with E-state index in [1.54, 1.807) is 24.3 Å². The molecule has 0 heterocycles. The van der Waals surface area contributed by atoms with Crippen molar-refractivity contribution in [2.75, 3.05) is 13.2 Å². The number of amides is 1. The molecule has 0 aliphatic rings. The Hall–Kier alpha value is -1.26. The number of halogens is 1. The van der Waals surface area contributed by atoms with Crippen molar-refractivity contribution in [2.24, 2.45) is 5.73 Å². The predicted octanol–water partition coefficient (Wildman–Crippen LogP) is 1.18. The highest BCUT2D eigenvalue weighted by Gasteiger charge is 2.03. The third-order valence-corrected chi connectivity index (χ3v) is 2.02. The van der Waals surface area contributed by atoms with Crippen molar-refractivity contribution in [3.05, 3.63) is 29.3 Å². The van der Waals surface area contributed by atoms with Gasteiger partial charge in [-0.3, -0.25) is 4.79 Å². The van der Waals surface area contributed by atoms with Crippen LogP contribution in [0.15, 0.2) is 24.3 Å². The zero-order valence-electron chi connectivity index (χ0n) is 9.07.